The average molecular weight is 520 g/mol. The largest absolute Gasteiger partial charge is 0.469 e. The molecule has 0 aliphatic carbocycles. The van der Waals surface area contributed by atoms with E-state index in [1.54, 1.807) is 4.90 Å². The molecule has 1 aromatic heterocycles. The number of benzene rings is 1. The Kier molecular flexibility index (Phi) is 6.78. The van der Waals surface area contributed by atoms with Crippen molar-refractivity contribution in [1.82, 2.24) is 14.9 Å². The van der Waals surface area contributed by atoms with E-state index in [1.807, 2.05) is 20.8 Å². The second kappa shape index (κ2) is 9.52. The summed E-state index contributed by atoms with van der Waals surface area (Å²) < 4.78 is 34.9. The second-order valence-electron chi connectivity index (χ2n) is 10.0. The summed E-state index contributed by atoms with van der Waals surface area (Å²) in [7, 11) is -3.37. The minimum Gasteiger partial charge on any atom is -0.469 e. The van der Waals surface area contributed by atoms with Crippen LogP contribution in [0.5, 0.6) is 5.88 Å². The van der Waals surface area contributed by atoms with E-state index in [9.17, 15) is 23.3 Å². The SMILES string of the molecule is CC(C)(C)OC(=O)N1[C@@H]2CC[C@H]1CC(Oc1ncnc(Nc3ccc(S(C)(=O)=O)cc3)c1[N+](=O)[O-])C2. The van der Waals surface area contributed by atoms with Crippen LogP contribution in [-0.4, -0.2) is 64.3 Å². The fraction of sp³-hybridized carbons (Fsp3) is 0.522. The zero-order valence-electron chi connectivity index (χ0n) is 20.5. The van der Waals surface area contributed by atoms with Crippen molar-refractivity contribution in [2.75, 3.05) is 11.6 Å². The van der Waals surface area contributed by atoms with Crippen molar-refractivity contribution in [2.24, 2.45) is 0 Å². The molecule has 12 nitrogen and oxygen atoms in total. The van der Waals surface area contributed by atoms with Gasteiger partial charge in [-0.25, -0.2) is 18.2 Å². The number of ether oxygens (including phenoxy) is 2. The number of nitrogens with zero attached hydrogens (tertiary/aromatic N) is 4. The maximum atomic E-state index is 12.7. The molecule has 1 N–H and O–H groups in total. The van der Waals surface area contributed by atoms with Crippen LogP contribution in [0.15, 0.2) is 35.5 Å². The van der Waals surface area contributed by atoms with E-state index in [2.05, 4.69) is 15.3 Å². The molecule has 1 aromatic carbocycles. The highest BCUT2D eigenvalue weighted by atomic mass is 32.2. The number of rotatable bonds is 6. The van der Waals surface area contributed by atoms with Gasteiger partial charge in [-0.1, -0.05) is 0 Å². The molecule has 0 spiro atoms. The van der Waals surface area contributed by atoms with Crippen LogP contribution in [0.25, 0.3) is 0 Å². The highest BCUT2D eigenvalue weighted by Crippen LogP contribution is 2.40. The van der Waals surface area contributed by atoms with Crippen LogP contribution in [-0.2, 0) is 14.6 Å². The number of anilines is 2. The molecule has 2 fully saturated rings. The minimum absolute atomic E-state index is 0.0737. The van der Waals surface area contributed by atoms with E-state index < -0.39 is 26.0 Å². The third-order valence-electron chi connectivity index (χ3n) is 6.09. The summed E-state index contributed by atoms with van der Waals surface area (Å²) in [6, 6.07) is 5.64. The van der Waals surface area contributed by atoms with Gasteiger partial charge in [-0.05, 0) is 57.9 Å². The Balaban J connectivity index is 1.51. The van der Waals surface area contributed by atoms with Crippen molar-refractivity contribution < 1.29 is 27.6 Å². The number of amides is 1. The number of carbonyl (C=O) groups is 1. The molecule has 2 aromatic rings. The topological polar surface area (TPSA) is 154 Å². The van der Waals surface area contributed by atoms with Crippen LogP contribution in [0.2, 0.25) is 0 Å². The summed E-state index contributed by atoms with van der Waals surface area (Å²) in [6.45, 7) is 5.47. The van der Waals surface area contributed by atoms with E-state index in [-0.39, 0.29) is 40.9 Å². The molecule has 0 radical (unpaired) electrons. The quantitative estimate of drug-likeness (QED) is 0.440. The fourth-order valence-corrected chi connectivity index (χ4v) is 5.25. The molecule has 2 aliphatic heterocycles. The number of piperidine rings is 1. The van der Waals surface area contributed by atoms with Gasteiger partial charge >= 0.3 is 11.8 Å². The van der Waals surface area contributed by atoms with Gasteiger partial charge in [0.2, 0.25) is 5.82 Å². The lowest BCUT2D eigenvalue weighted by Crippen LogP contribution is -2.50. The fourth-order valence-electron chi connectivity index (χ4n) is 4.62. The Labute approximate surface area is 209 Å². The Hall–Kier alpha value is -3.48. The number of hydrogen-bond donors (Lipinski definition) is 1. The van der Waals surface area contributed by atoms with Crippen molar-refractivity contribution in [3.8, 4) is 5.88 Å². The first-order chi connectivity index (χ1) is 16.8. The molecule has 2 aliphatic rings. The van der Waals surface area contributed by atoms with Crippen molar-refractivity contribution in [2.45, 2.75) is 75.1 Å². The summed E-state index contributed by atoms with van der Waals surface area (Å²) in [5, 5.41) is 14.8. The molecule has 3 atom stereocenters. The molecule has 1 amide bonds. The molecule has 2 saturated heterocycles. The summed E-state index contributed by atoms with van der Waals surface area (Å²) >= 11 is 0. The van der Waals surface area contributed by atoms with Gasteiger partial charge < -0.3 is 19.7 Å². The van der Waals surface area contributed by atoms with E-state index >= 15 is 0 Å². The molecule has 1 unspecified atom stereocenters. The van der Waals surface area contributed by atoms with E-state index in [0.29, 0.717) is 18.5 Å². The molecule has 0 saturated carbocycles. The lowest BCUT2D eigenvalue weighted by Gasteiger charge is -2.39. The maximum Gasteiger partial charge on any atom is 0.410 e. The van der Waals surface area contributed by atoms with E-state index in [4.69, 9.17) is 9.47 Å². The smallest absolute Gasteiger partial charge is 0.410 e. The molecular formula is C23H29N5O7S. The predicted molar refractivity (Wildman–Crippen MR) is 130 cm³/mol. The van der Waals surface area contributed by atoms with Gasteiger partial charge in [-0.2, -0.15) is 4.98 Å². The highest BCUT2D eigenvalue weighted by Gasteiger charge is 2.46. The van der Waals surface area contributed by atoms with Crippen LogP contribution in [0.4, 0.5) is 22.0 Å². The molecule has 4 rings (SSSR count). The first kappa shape index (κ1) is 25.6. The number of nitrogens with one attached hydrogen (secondary N) is 1. The summed E-state index contributed by atoms with van der Waals surface area (Å²) in [5.74, 6) is -0.244. The number of fused-ring (bicyclic) bond motifs is 2. The number of nitro groups is 1. The highest BCUT2D eigenvalue weighted by molar-refractivity contribution is 7.90. The monoisotopic (exact) mass is 519 g/mol. The number of sulfone groups is 1. The Morgan fingerprint density at radius 2 is 1.75 bits per heavy atom. The predicted octanol–water partition coefficient (Wildman–Crippen LogP) is 3.84. The Morgan fingerprint density at radius 3 is 2.28 bits per heavy atom. The van der Waals surface area contributed by atoms with Crippen molar-refractivity contribution >= 4 is 33.1 Å². The van der Waals surface area contributed by atoms with Gasteiger partial charge in [-0.15, -0.1) is 0 Å². The van der Waals surface area contributed by atoms with Crippen LogP contribution in [0, 0.1) is 10.1 Å². The lowest BCUT2D eigenvalue weighted by molar-refractivity contribution is -0.385. The van der Waals surface area contributed by atoms with Crippen LogP contribution < -0.4 is 10.1 Å². The summed E-state index contributed by atoms with van der Waals surface area (Å²) in [5.41, 5.74) is -0.606. The lowest BCUT2D eigenvalue weighted by atomic mass is 10.0. The first-order valence-corrected chi connectivity index (χ1v) is 13.5. The van der Waals surface area contributed by atoms with Gasteiger partial charge in [0.1, 0.15) is 18.0 Å². The second-order valence-corrected chi connectivity index (χ2v) is 12.1. The van der Waals surface area contributed by atoms with Gasteiger partial charge in [-0.3, -0.25) is 10.1 Å². The number of aromatic nitrogens is 2. The van der Waals surface area contributed by atoms with Gasteiger partial charge in [0, 0.05) is 36.9 Å². The maximum absolute atomic E-state index is 12.7. The van der Waals surface area contributed by atoms with E-state index in [1.165, 1.54) is 30.6 Å². The van der Waals surface area contributed by atoms with Gasteiger partial charge in [0.25, 0.3) is 5.88 Å². The molecule has 3 heterocycles. The molecule has 36 heavy (non-hydrogen) atoms. The normalized spacial score (nSPS) is 21.7. The number of hydrogen-bond acceptors (Lipinski definition) is 10. The standard InChI is InChI=1S/C23H29N5O7S/c1-23(2,3)35-22(29)27-15-7-8-16(27)12-17(11-15)34-21-19(28(30)31)20(24-13-25-21)26-14-5-9-18(10-6-14)36(4,32)33/h5-6,9-10,13,15-17H,7-8,11-12H2,1-4H3,(H,24,25,26)/t15-,16+,17?. The zero-order valence-corrected chi connectivity index (χ0v) is 21.3. The summed E-state index contributed by atoms with van der Waals surface area (Å²) in [4.78, 5) is 33.9. The third-order valence-corrected chi connectivity index (χ3v) is 7.22. The van der Waals surface area contributed by atoms with Crippen molar-refractivity contribution in [3.63, 3.8) is 0 Å². The molecule has 13 heteroatoms. The number of carbonyl (C=O) groups excluding carboxylic acids is 1. The zero-order chi connectivity index (χ0) is 26.3. The molecule has 2 bridgehead atoms. The van der Waals surface area contributed by atoms with Crippen molar-refractivity contribution in [1.29, 1.82) is 0 Å². The first-order valence-electron chi connectivity index (χ1n) is 11.6. The molecule has 194 valence electrons. The van der Waals surface area contributed by atoms with E-state index in [0.717, 1.165) is 19.1 Å². The van der Waals surface area contributed by atoms with Gasteiger partial charge in [0.05, 0.1) is 9.82 Å². The van der Waals surface area contributed by atoms with Crippen LogP contribution >= 0.6 is 0 Å². The Bertz CT molecular complexity index is 1250. The Morgan fingerprint density at radius 1 is 1.14 bits per heavy atom. The minimum atomic E-state index is -3.37. The third kappa shape index (κ3) is 5.66. The van der Waals surface area contributed by atoms with Gasteiger partial charge in [0.15, 0.2) is 9.84 Å². The van der Waals surface area contributed by atoms with Crippen molar-refractivity contribution in [3.05, 3.63) is 40.7 Å². The summed E-state index contributed by atoms with van der Waals surface area (Å²) in [6.07, 6.45) is 4.18. The molecular weight excluding hydrogens is 490 g/mol. The van der Waals surface area contributed by atoms with Crippen LogP contribution in [0.1, 0.15) is 46.5 Å². The average Bonchev–Trinajstić information content (AvgIpc) is 3.03. The van der Waals surface area contributed by atoms with Crippen LogP contribution in [0.3, 0.4) is 0 Å².